The van der Waals surface area contributed by atoms with Crippen molar-refractivity contribution in [2.75, 3.05) is 18.0 Å². The number of fused-ring (bicyclic) bond motifs is 2. The van der Waals surface area contributed by atoms with Crippen molar-refractivity contribution in [1.82, 2.24) is 20.1 Å². The van der Waals surface area contributed by atoms with Crippen LogP contribution in [0.5, 0.6) is 0 Å². The third-order valence-electron chi connectivity index (χ3n) is 8.25. The lowest BCUT2D eigenvalue weighted by Crippen LogP contribution is -2.40. The SMILES string of the molecule is CC1(C)C[C@H](N2CCCc3cc(C#N)cc(-c4ccnc5cc(Cn6ncc(C(C)(C)C)cc6=O)sc45)c32)CN1.O=CO. The minimum atomic E-state index is -0.250. The zero-order valence-electron chi connectivity index (χ0n) is 25.3. The van der Waals surface area contributed by atoms with E-state index in [9.17, 15) is 10.1 Å². The van der Waals surface area contributed by atoms with E-state index >= 15 is 0 Å². The molecule has 2 aliphatic rings. The molecule has 0 amide bonds. The number of nitrogens with one attached hydrogen (secondary N) is 1. The van der Waals surface area contributed by atoms with Gasteiger partial charge < -0.3 is 15.3 Å². The molecule has 2 aliphatic heterocycles. The van der Waals surface area contributed by atoms with Crippen LogP contribution in [0.25, 0.3) is 21.3 Å². The number of aromatic nitrogens is 3. The third kappa shape index (κ3) is 6.33. The Morgan fingerprint density at radius 3 is 2.65 bits per heavy atom. The van der Waals surface area contributed by atoms with Crippen molar-refractivity contribution in [2.45, 2.75) is 77.4 Å². The van der Waals surface area contributed by atoms with Crippen molar-refractivity contribution in [2.24, 2.45) is 0 Å². The highest BCUT2D eigenvalue weighted by Crippen LogP contribution is 2.44. The average Bonchev–Trinajstić information content (AvgIpc) is 3.55. The summed E-state index contributed by atoms with van der Waals surface area (Å²) < 4.78 is 2.60. The highest BCUT2D eigenvalue weighted by molar-refractivity contribution is 7.19. The molecule has 1 atom stereocenters. The van der Waals surface area contributed by atoms with Gasteiger partial charge in [-0.05, 0) is 73.9 Å². The predicted octanol–water partition coefficient (Wildman–Crippen LogP) is 5.33. The number of hydrogen-bond acceptors (Lipinski definition) is 8. The molecule has 5 heterocycles. The first-order chi connectivity index (χ1) is 20.4. The van der Waals surface area contributed by atoms with Crippen LogP contribution in [0, 0.1) is 11.3 Å². The molecule has 0 spiro atoms. The van der Waals surface area contributed by atoms with E-state index in [2.05, 4.69) is 85.3 Å². The molecule has 0 unspecified atom stereocenters. The Morgan fingerprint density at radius 2 is 2.00 bits per heavy atom. The summed E-state index contributed by atoms with van der Waals surface area (Å²) in [5.41, 5.74) is 7.11. The smallest absolute Gasteiger partial charge is 0.290 e. The number of carbonyl (C=O) groups is 1. The molecular formula is C33H38N6O3S. The number of carboxylic acid groups (broad SMARTS) is 1. The number of rotatable bonds is 4. The molecule has 3 aromatic heterocycles. The summed E-state index contributed by atoms with van der Waals surface area (Å²) in [4.78, 5) is 29.5. The van der Waals surface area contributed by atoms with Gasteiger partial charge in [0.25, 0.3) is 12.0 Å². The molecule has 0 bridgehead atoms. The quantitative estimate of drug-likeness (QED) is 0.302. The minimum Gasteiger partial charge on any atom is -0.483 e. The average molecular weight is 599 g/mol. The molecule has 224 valence electrons. The van der Waals surface area contributed by atoms with E-state index in [4.69, 9.17) is 9.90 Å². The van der Waals surface area contributed by atoms with Gasteiger partial charge in [-0.25, -0.2) is 4.68 Å². The van der Waals surface area contributed by atoms with Crippen molar-refractivity contribution in [3.05, 3.63) is 74.6 Å². The topological polar surface area (TPSA) is 124 Å². The van der Waals surface area contributed by atoms with Crippen molar-refractivity contribution in [3.8, 4) is 17.2 Å². The van der Waals surface area contributed by atoms with Crippen molar-refractivity contribution >= 4 is 33.7 Å². The molecule has 2 N–H and O–H groups in total. The lowest BCUT2D eigenvalue weighted by Gasteiger charge is -2.38. The monoisotopic (exact) mass is 598 g/mol. The molecule has 0 radical (unpaired) electrons. The maximum atomic E-state index is 12.9. The molecule has 1 fully saturated rings. The molecule has 4 aromatic rings. The molecule has 10 heteroatoms. The summed E-state index contributed by atoms with van der Waals surface area (Å²) >= 11 is 1.65. The van der Waals surface area contributed by atoms with Crippen molar-refractivity contribution in [3.63, 3.8) is 0 Å². The van der Waals surface area contributed by atoms with E-state index in [1.54, 1.807) is 23.6 Å². The zero-order chi connectivity index (χ0) is 30.9. The van der Waals surface area contributed by atoms with E-state index in [1.807, 2.05) is 6.20 Å². The highest BCUT2D eigenvalue weighted by Gasteiger charge is 2.36. The Labute approximate surface area is 255 Å². The summed E-state index contributed by atoms with van der Waals surface area (Å²) in [5, 5.41) is 25.0. The summed E-state index contributed by atoms with van der Waals surface area (Å²) in [6, 6.07) is 12.8. The van der Waals surface area contributed by atoms with Crippen LogP contribution < -0.4 is 15.8 Å². The number of hydrogen-bond donors (Lipinski definition) is 2. The van der Waals surface area contributed by atoms with Crippen LogP contribution in [0.1, 0.15) is 69.0 Å². The summed E-state index contributed by atoms with van der Waals surface area (Å²) in [6.07, 6.45) is 6.79. The van der Waals surface area contributed by atoms with Gasteiger partial charge in [0, 0.05) is 58.6 Å². The standard InChI is InChI=1S/C32H36N6OS.CH2O2/c1-31(2,3)22-13-28(39)38(36-17-22)19-24-14-27-30(40-24)25(8-9-34-27)26-12-20(16-33)11-21-7-6-10-37(29(21)26)23-15-32(4,5)35-18-23;2-1-3/h8-9,11-14,17,23,35H,6-7,10,15,18-19H2,1-5H3;1H,(H,2,3)/t23-;/m0./s1. The lowest BCUT2D eigenvalue weighted by molar-refractivity contribution is -0.122. The van der Waals surface area contributed by atoms with E-state index in [1.165, 1.54) is 15.9 Å². The van der Waals surface area contributed by atoms with Gasteiger partial charge in [-0.1, -0.05) is 20.8 Å². The Balaban J connectivity index is 0.00000118. The minimum absolute atomic E-state index is 0.0995. The van der Waals surface area contributed by atoms with Gasteiger partial charge >= 0.3 is 0 Å². The Kier molecular flexibility index (Phi) is 8.41. The van der Waals surface area contributed by atoms with Gasteiger partial charge in [-0.15, -0.1) is 11.3 Å². The molecule has 1 saturated heterocycles. The summed E-state index contributed by atoms with van der Waals surface area (Å²) in [6.45, 7) is 12.9. The lowest BCUT2D eigenvalue weighted by atomic mass is 9.89. The first-order valence-corrected chi connectivity index (χ1v) is 15.4. The Bertz CT molecular complexity index is 1760. The Hall–Kier alpha value is -4.07. The largest absolute Gasteiger partial charge is 0.483 e. The van der Waals surface area contributed by atoms with Gasteiger partial charge in [0.15, 0.2) is 0 Å². The first-order valence-electron chi connectivity index (χ1n) is 14.6. The van der Waals surface area contributed by atoms with Crippen LogP contribution in [0.4, 0.5) is 5.69 Å². The third-order valence-corrected chi connectivity index (χ3v) is 9.39. The van der Waals surface area contributed by atoms with Gasteiger partial charge in [0.2, 0.25) is 0 Å². The van der Waals surface area contributed by atoms with E-state index in [0.29, 0.717) is 18.2 Å². The van der Waals surface area contributed by atoms with E-state index in [-0.39, 0.29) is 23.0 Å². The summed E-state index contributed by atoms with van der Waals surface area (Å²) in [5.74, 6) is 0. The van der Waals surface area contributed by atoms with Gasteiger partial charge in [-0.3, -0.25) is 14.6 Å². The van der Waals surface area contributed by atoms with E-state index in [0.717, 1.165) is 64.1 Å². The van der Waals surface area contributed by atoms with E-state index < -0.39 is 0 Å². The second-order valence-corrected chi connectivity index (χ2v) is 14.1. The van der Waals surface area contributed by atoms with Crippen LogP contribution in [0.3, 0.4) is 0 Å². The number of nitrogens with zero attached hydrogens (tertiary/aromatic N) is 5. The normalized spacial score (nSPS) is 17.6. The first kappa shape index (κ1) is 30.4. The molecule has 6 rings (SSSR count). The number of thiophene rings is 1. The second-order valence-electron chi connectivity index (χ2n) is 12.9. The molecule has 43 heavy (non-hydrogen) atoms. The maximum absolute atomic E-state index is 12.9. The predicted molar refractivity (Wildman–Crippen MR) is 171 cm³/mol. The molecule has 0 aliphatic carbocycles. The molecular weight excluding hydrogens is 560 g/mol. The zero-order valence-corrected chi connectivity index (χ0v) is 26.2. The van der Waals surface area contributed by atoms with Crippen molar-refractivity contribution < 1.29 is 9.90 Å². The Morgan fingerprint density at radius 1 is 1.23 bits per heavy atom. The summed E-state index contributed by atoms with van der Waals surface area (Å²) in [7, 11) is 0. The van der Waals surface area contributed by atoms with Gasteiger partial charge in [0.1, 0.15) is 0 Å². The fraction of sp³-hybridized carbons (Fsp3) is 0.424. The number of nitriles is 1. The fourth-order valence-corrected chi connectivity index (χ4v) is 7.27. The number of aryl methyl sites for hydroxylation is 1. The molecule has 9 nitrogen and oxygen atoms in total. The maximum Gasteiger partial charge on any atom is 0.290 e. The fourth-order valence-electron chi connectivity index (χ4n) is 6.15. The van der Waals surface area contributed by atoms with Crippen LogP contribution in [-0.4, -0.2) is 51.0 Å². The van der Waals surface area contributed by atoms with Gasteiger partial charge in [-0.2, -0.15) is 10.4 Å². The highest BCUT2D eigenvalue weighted by atomic mass is 32.1. The second kappa shape index (κ2) is 11.9. The molecule has 1 aromatic carbocycles. The number of anilines is 1. The molecule has 0 saturated carbocycles. The van der Waals surface area contributed by atoms with Gasteiger partial charge in [0.05, 0.1) is 34.6 Å². The van der Waals surface area contributed by atoms with Crippen LogP contribution in [-0.2, 0) is 23.2 Å². The van der Waals surface area contributed by atoms with Crippen LogP contribution in [0.15, 0.2) is 47.5 Å². The van der Waals surface area contributed by atoms with Crippen molar-refractivity contribution in [1.29, 1.82) is 5.26 Å². The number of pyridine rings is 1. The van der Waals surface area contributed by atoms with Crippen LogP contribution in [0.2, 0.25) is 0 Å². The number of benzene rings is 1. The van der Waals surface area contributed by atoms with Crippen LogP contribution >= 0.6 is 11.3 Å².